The number of hydrogen-bond acceptors (Lipinski definition) is 2. The number of hydrogen-bond donors (Lipinski definition) is 1. The van der Waals surface area contributed by atoms with Gasteiger partial charge < -0.3 is 4.98 Å². The predicted octanol–water partition coefficient (Wildman–Crippen LogP) is 3.07. The highest BCUT2D eigenvalue weighted by atomic mass is 19.1. The molecule has 4 heteroatoms. The summed E-state index contributed by atoms with van der Waals surface area (Å²) in [5.74, 6) is 0.231. The first-order chi connectivity index (χ1) is 8.24. The summed E-state index contributed by atoms with van der Waals surface area (Å²) in [6, 6.07) is 8.64. The Hall–Kier alpha value is -2.23. The molecule has 0 aliphatic heterocycles. The Labute approximate surface area is 97.3 Å². The van der Waals surface area contributed by atoms with E-state index in [-0.39, 0.29) is 5.82 Å². The fourth-order valence-corrected chi connectivity index (χ4v) is 1.79. The summed E-state index contributed by atoms with van der Waals surface area (Å²) in [7, 11) is 0. The van der Waals surface area contributed by atoms with Crippen molar-refractivity contribution < 1.29 is 4.39 Å². The van der Waals surface area contributed by atoms with Crippen LogP contribution in [0.3, 0.4) is 0 Å². The first-order valence-corrected chi connectivity index (χ1v) is 5.31. The standard InChI is InChI=1S/C13H10FN3/c1-8-4-5-10(14)9(7-8)12-16-11-3-2-6-15-13(11)17-12/h2-7H,1H3,(H,15,16,17). The molecular weight excluding hydrogens is 217 g/mol. The molecule has 0 bridgehead atoms. The molecule has 84 valence electrons. The van der Waals surface area contributed by atoms with Gasteiger partial charge in [-0.1, -0.05) is 11.6 Å². The lowest BCUT2D eigenvalue weighted by Gasteiger charge is -2.00. The fraction of sp³-hybridized carbons (Fsp3) is 0.0769. The number of H-pyrrole nitrogens is 1. The highest BCUT2D eigenvalue weighted by Gasteiger charge is 2.10. The van der Waals surface area contributed by atoms with Gasteiger partial charge in [0.05, 0.1) is 11.1 Å². The van der Waals surface area contributed by atoms with E-state index in [2.05, 4.69) is 15.0 Å². The summed E-state index contributed by atoms with van der Waals surface area (Å²) < 4.78 is 13.7. The van der Waals surface area contributed by atoms with Gasteiger partial charge >= 0.3 is 0 Å². The lowest BCUT2D eigenvalue weighted by atomic mass is 10.1. The van der Waals surface area contributed by atoms with E-state index in [4.69, 9.17) is 0 Å². The van der Waals surface area contributed by atoms with Crippen LogP contribution in [0, 0.1) is 12.7 Å². The molecular formula is C13H10FN3. The molecule has 17 heavy (non-hydrogen) atoms. The second-order valence-corrected chi connectivity index (χ2v) is 3.94. The maximum atomic E-state index is 13.7. The van der Waals surface area contributed by atoms with Crippen LogP contribution in [-0.4, -0.2) is 15.0 Å². The lowest BCUT2D eigenvalue weighted by Crippen LogP contribution is -1.87. The number of imidazole rings is 1. The second-order valence-electron chi connectivity index (χ2n) is 3.94. The molecule has 1 N–H and O–H groups in total. The third kappa shape index (κ3) is 1.67. The van der Waals surface area contributed by atoms with Crippen LogP contribution in [0.2, 0.25) is 0 Å². The van der Waals surface area contributed by atoms with Crippen molar-refractivity contribution in [2.45, 2.75) is 6.92 Å². The topological polar surface area (TPSA) is 41.6 Å². The molecule has 0 atom stereocenters. The van der Waals surface area contributed by atoms with Gasteiger partial charge in [-0.25, -0.2) is 14.4 Å². The van der Waals surface area contributed by atoms with Crippen molar-refractivity contribution in [2.75, 3.05) is 0 Å². The van der Waals surface area contributed by atoms with Crippen LogP contribution in [0.15, 0.2) is 36.5 Å². The molecule has 0 unspecified atom stereocenters. The predicted molar refractivity (Wildman–Crippen MR) is 64.0 cm³/mol. The van der Waals surface area contributed by atoms with Gasteiger partial charge in [-0.15, -0.1) is 0 Å². The SMILES string of the molecule is Cc1ccc(F)c(-c2nc3ncccc3[nH]2)c1. The number of pyridine rings is 1. The number of fused-ring (bicyclic) bond motifs is 1. The van der Waals surface area contributed by atoms with Gasteiger partial charge in [0.25, 0.3) is 0 Å². The van der Waals surface area contributed by atoms with Gasteiger partial charge in [0.15, 0.2) is 5.65 Å². The zero-order chi connectivity index (χ0) is 11.8. The second kappa shape index (κ2) is 3.66. The molecule has 3 rings (SSSR count). The van der Waals surface area contributed by atoms with Crippen LogP contribution in [0.5, 0.6) is 0 Å². The summed E-state index contributed by atoms with van der Waals surface area (Å²) in [6.45, 7) is 1.92. The van der Waals surface area contributed by atoms with Crippen molar-refractivity contribution in [3.8, 4) is 11.4 Å². The number of benzene rings is 1. The Bertz CT molecular complexity index is 655. The van der Waals surface area contributed by atoms with Crippen molar-refractivity contribution in [1.29, 1.82) is 0 Å². The van der Waals surface area contributed by atoms with Crippen molar-refractivity contribution in [1.82, 2.24) is 15.0 Å². The Morgan fingerprint density at radius 1 is 1.24 bits per heavy atom. The van der Waals surface area contributed by atoms with E-state index >= 15 is 0 Å². The lowest BCUT2D eigenvalue weighted by molar-refractivity contribution is 0.630. The monoisotopic (exact) mass is 227 g/mol. The fourth-order valence-electron chi connectivity index (χ4n) is 1.79. The van der Waals surface area contributed by atoms with Crippen molar-refractivity contribution >= 4 is 11.2 Å². The molecule has 0 fully saturated rings. The number of aryl methyl sites for hydroxylation is 1. The van der Waals surface area contributed by atoms with Crippen molar-refractivity contribution in [3.05, 3.63) is 47.9 Å². The van der Waals surface area contributed by atoms with Crippen LogP contribution < -0.4 is 0 Å². The summed E-state index contributed by atoms with van der Waals surface area (Å²) in [5.41, 5.74) is 2.88. The zero-order valence-electron chi connectivity index (χ0n) is 9.24. The summed E-state index contributed by atoms with van der Waals surface area (Å²) in [6.07, 6.45) is 1.67. The maximum absolute atomic E-state index is 13.7. The maximum Gasteiger partial charge on any atom is 0.178 e. The van der Waals surface area contributed by atoms with E-state index in [1.165, 1.54) is 6.07 Å². The van der Waals surface area contributed by atoms with Crippen LogP contribution >= 0.6 is 0 Å². The number of rotatable bonds is 1. The van der Waals surface area contributed by atoms with Gasteiger partial charge in [0.2, 0.25) is 0 Å². The molecule has 2 heterocycles. The largest absolute Gasteiger partial charge is 0.336 e. The van der Waals surface area contributed by atoms with Crippen LogP contribution in [0.1, 0.15) is 5.56 Å². The average molecular weight is 227 g/mol. The number of aromatic amines is 1. The Morgan fingerprint density at radius 2 is 2.12 bits per heavy atom. The minimum absolute atomic E-state index is 0.283. The van der Waals surface area contributed by atoms with Gasteiger partial charge in [-0.05, 0) is 31.2 Å². The van der Waals surface area contributed by atoms with Crippen LogP contribution in [0.25, 0.3) is 22.6 Å². The molecule has 0 amide bonds. The smallest absolute Gasteiger partial charge is 0.178 e. The van der Waals surface area contributed by atoms with E-state index in [0.29, 0.717) is 17.0 Å². The summed E-state index contributed by atoms with van der Waals surface area (Å²) in [5, 5.41) is 0. The minimum Gasteiger partial charge on any atom is -0.336 e. The molecule has 0 radical (unpaired) electrons. The number of aromatic nitrogens is 3. The Morgan fingerprint density at radius 3 is 2.94 bits per heavy atom. The third-order valence-corrected chi connectivity index (χ3v) is 2.63. The van der Waals surface area contributed by atoms with Gasteiger partial charge in [0.1, 0.15) is 11.6 Å². The molecule has 0 saturated carbocycles. The molecule has 0 spiro atoms. The van der Waals surface area contributed by atoms with E-state index in [0.717, 1.165) is 11.1 Å². The van der Waals surface area contributed by atoms with E-state index in [9.17, 15) is 4.39 Å². The van der Waals surface area contributed by atoms with Crippen molar-refractivity contribution in [3.63, 3.8) is 0 Å². The molecule has 0 aliphatic rings. The molecule has 3 aromatic rings. The number of halogens is 1. The first-order valence-electron chi connectivity index (χ1n) is 5.31. The molecule has 3 nitrogen and oxygen atoms in total. The zero-order valence-corrected chi connectivity index (χ0v) is 9.24. The van der Waals surface area contributed by atoms with Gasteiger partial charge in [0, 0.05) is 6.20 Å². The van der Waals surface area contributed by atoms with Gasteiger partial charge in [-0.3, -0.25) is 0 Å². The average Bonchev–Trinajstić information content (AvgIpc) is 2.75. The van der Waals surface area contributed by atoms with E-state index in [1.54, 1.807) is 18.3 Å². The minimum atomic E-state index is -0.283. The molecule has 0 aliphatic carbocycles. The number of nitrogens with zero attached hydrogens (tertiary/aromatic N) is 2. The molecule has 0 saturated heterocycles. The molecule has 1 aromatic carbocycles. The van der Waals surface area contributed by atoms with E-state index < -0.39 is 0 Å². The summed E-state index contributed by atoms with van der Waals surface area (Å²) >= 11 is 0. The number of nitrogens with one attached hydrogen (secondary N) is 1. The van der Waals surface area contributed by atoms with E-state index in [1.807, 2.05) is 19.1 Å². The normalized spacial score (nSPS) is 10.9. The first kappa shape index (κ1) is 9.96. The molecule has 2 aromatic heterocycles. The van der Waals surface area contributed by atoms with Gasteiger partial charge in [-0.2, -0.15) is 0 Å². The van der Waals surface area contributed by atoms with Crippen LogP contribution in [0.4, 0.5) is 4.39 Å². The third-order valence-electron chi connectivity index (χ3n) is 2.63. The summed E-state index contributed by atoms with van der Waals surface area (Å²) in [4.78, 5) is 11.5. The Kier molecular flexibility index (Phi) is 2.14. The quantitative estimate of drug-likeness (QED) is 0.694. The van der Waals surface area contributed by atoms with Crippen molar-refractivity contribution in [2.24, 2.45) is 0 Å². The Balaban J connectivity index is 2.23. The highest BCUT2D eigenvalue weighted by molar-refractivity contribution is 5.75. The highest BCUT2D eigenvalue weighted by Crippen LogP contribution is 2.23. The van der Waals surface area contributed by atoms with Crippen LogP contribution in [-0.2, 0) is 0 Å².